The van der Waals surface area contributed by atoms with E-state index in [0.717, 1.165) is 11.3 Å². The molecule has 0 radical (unpaired) electrons. The number of carbonyl (C=O) groups is 2. The number of likely N-dealkylation sites (tertiary alicyclic amines) is 1. The molecule has 2 aromatic rings. The molecule has 5 heteroatoms. The highest BCUT2D eigenvalue weighted by molar-refractivity contribution is 5.92. The molecule has 0 spiro atoms. The maximum Gasteiger partial charge on any atom is 0.227 e. The highest BCUT2D eigenvalue weighted by Gasteiger charge is 2.27. The molecule has 5 nitrogen and oxygen atoms in total. The third-order valence-corrected chi connectivity index (χ3v) is 4.97. The molecule has 0 aliphatic carbocycles. The van der Waals surface area contributed by atoms with Crippen LogP contribution in [0.15, 0.2) is 54.6 Å². The number of nitrogens with one attached hydrogen (secondary N) is 1. The lowest BCUT2D eigenvalue weighted by atomic mass is 9.95. The van der Waals surface area contributed by atoms with Crippen molar-refractivity contribution >= 4 is 17.5 Å². The van der Waals surface area contributed by atoms with Gasteiger partial charge in [0.25, 0.3) is 0 Å². The normalized spacial score (nSPS) is 14.4. The second-order valence-corrected chi connectivity index (χ2v) is 6.82. The molecule has 0 bridgehead atoms. The molecule has 2 aromatic carbocycles. The Hall–Kier alpha value is -3.13. The molecular formula is C22H23N3O2. The van der Waals surface area contributed by atoms with Gasteiger partial charge in [0.15, 0.2) is 0 Å². The van der Waals surface area contributed by atoms with E-state index < -0.39 is 0 Å². The summed E-state index contributed by atoms with van der Waals surface area (Å²) in [7, 11) is 0. The lowest BCUT2D eigenvalue weighted by Crippen LogP contribution is -2.41. The van der Waals surface area contributed by atoms with E-state index in [1.54, 1.807) is 12.1 Å². The number of piperidine rings is 1. The molecule has 0 unspecified atom stereocenters. The molecular weight excluding hydrogens is 338 g/mol. The van der Waals surface area contributed by atoms with Crippen molar-refractivity contribution in [2.75, 3.05) is 18.4 Å². The van der Waals surface area contributed by atoms with Crippen LogP contribution in [0, 0.1) is 17.2 Å². The van der Waals surface area contributed by atoms with Crippen LogP contribution in [0.3, 0.4) is 0 Å². The van der Waals surface area contributed by atoms with E-state index in [0.29, 0.717) is 44.3 Å². The third-order valence-electron chi connectivity index (χ3n) is 4.97. The van der Waals surface area contributed by atoms with Gasteiger partial charge in [0.05, 0.1) is 11.6 Å². The Labute approximate surface area is 159 Å². The Morgan fingerprint density at radius 2 is 1.70 bits per heavy atom. The lowest BCUT2D eigenvalue weighted by Gasteiger charge is -2.31. The van der Waals surface area contributed by atoms with Crippen LogP contribution in [0.1, 0.15) is 30.4 Å². The van der Waals surface area contributed by atoms with E-state index >= 15 is 0 Å². The molecule has 0 aromatic heterocycles. The van der Waals surface area contributed by atoms with E-state index in [1.807, 2.05) is 47.4 Å². The highest BCUT2D eigenvalue weighted by atomic mass is 16.2. The van der Waals surface area contributed by atoms with Crippen molar-refractivity contribution in [1.82, 2.24) is 4.90 Å². The predicted molar refractivity (Wildman–Crippen MR) is 104 cm³/mol. The molecule has 1 saturated heterocycles. The summed E-state index contributed by atoms with van der Waals surface area (Å²) >= 11 is 0. The number of amides is 2. The number of anilines is 1. The molecule has 27 heavy (non-hydrogen) atoms. The van der Waals surface area contributed by atoms with Crippen molar-refractivity contribution < 1.29 is 9.59 Å². The van der Waals surface area contributed by atoms with Crippen LogP contribution in [0.2, 0.25) is 0 Å². The molecule has 1 N–H and O–H groups in total. The minimum atomic E-state index is -0.0483. The first-order valence-corrected chi connectivity index (χ1v) is 9.28. The Balaban J connectivity index is 1.43. The van der Waals surface area contributed by atoms with Crippen molar-refractivity contribution in [3.8, 4) is 6.07 Å². The Morgan fingerprint density at radius 1 is 1.04 bits per heavy atom. The van der Waals surface area contributed by atoms with E-state index in [-0.39, 0.29) is 17.7 Å². The number of hydrogen-bond acceptors (Lipinski definition) is 3. The quantitative estimate of drug-likeness (QED) is 0.887. The van der Waals surface area contributed by atoms with Gasteiger partial charge >= 0.3 is 0 Å². The van der Waals surface area contributed by atoms with Crippen LogP contribution in [-0.4, -0.2) is 29.8 Å². The van der Waals surface area contributed by atoms with Crippen LogP contribution < -0.4 is 5.32 Å². The number of rotatable bonds is 5. The minimum absolute atomic E-state index is 0.0332. The zero-order valence-corrected chi connectivity index (χ0v) is 15.2. The Morgan fingerprint density at radius 3 is 2.33 bits per heavy atom. The van der Waals surface area contributed by atoms with Gasteiger partial charge in [-0.25, -0.2) is 0 Å². The molecule has 1 fully saturated rings. The number of hydrogen-bond donors (Lipinski definition) is 1. The Kier molecular flexibility index (Phi) is 6.22. The maximum absolute atomic E-state index is 12.4. The van der Waals surface area contributed by atoms with Gasteiger partial charge in [0, 0.05) is 31.1 Å². The first-order valence-electron chi connectivity index (χ1n) is 9.28. The first kappa shape index (κ1) is 18.7. The summed E-state index contributed by atoms with van der Waals surface area (Å²) in [4.78, 5) is 26.7. The fourth-order valence-corrected chi connectivity index (χ4v) is 3.31. The van der Waals surface area contributed by atoms with Gasteiger partial charge in [-0.2, -0.15) is 5.26 Å². The molecule has 3 rings (SSSR count). The summed E-state index contributed by atoms with van der Waals surface area (Å²) in [5, 5.41) is 11.8. The molecule has 1 aliphatic heterocycles. The average Bonchev–Trinajstić information content (AvgIpc) is 2.73. The molecule has 1 aliphatic rings. The summed E-state index contributed by atoms with van der Waals surface area (Å²) in [6.45, 7) is 1.25. The predicted octanol–water partition coefficient (Wildman–Crippen LogP) is 3.37. The fourth-order valence-electron chi connectivity index (χ4n) is 3.31. The van der Waals surface area contributed by atoms with Crippen LogP contribution >= 0.6 is 0 Å². The van der Waals surface area contributed by atoms with E-state index in [9.17, 15) is 9.59 Å². The van der Waals surface area contributed by atoms with Crippen LogP contribution in [-0.2, 0) is 16.0 Å². The standard InChI is InChI=1S/C22H23N3O2/c23-16-18-8-6-17(7-9-18)10-11-21(26)25-14-12-19(13-15-25)22(27)24-20-4-2-1-3-5-20/h1-9,19H,10-15H2,(H,24,27). The number of aryl methyl sites for hydroxylation is 1. The van der Waals surface area contributed by atoms with Crippen LogP contribution in [0.5, 0.6) is 0 Å². The smallest absolute Gasteiger partial charge is 0.227 e. The molecule has 0 atom stereocenters. The lowest BCUT2D eigenvalue weighted by molar-refractivity contribution is -0.134. The van der Waals surface area contributed by atoms with Crippen LogP contribution in [0.25, 0.3) is 0 Å². The monoisotopic (exact) mass is 361 g/mol. The summed E-state index contributed by atoms with van der Waals surface area (Å²) in [5.41, 5.74) is 2.49. The number of nitrogens with zero attached hydrogens (tertiary/aromatic N) is 2. The van der Waals surface area contributed by atoms with Gasteiger partial charge in [-0.1, -0.05) is 30.3 Å². The first-order chi connectivity index (χ1) is 13.2. The van der Waals surface area contributed by atoms with Gasteiger partial charge in [0.1, 0.15) is 0 Å². The molecule has 1 heterocycles. The summed E-state index contributed by atoms with van der Waals surface area (Å²) in [6.07, 6.45) is 2.51. The molecule has 138 valence electrons. The number of nitriles is 1. The van der Waals surface area contributed by atoms with Crippen LogP contribution in [0.4, 0.5) is 5.69 Å². The zero-order chi connectivity index (χ0) is 19.1. The van der Waals surface area contributed by atoms with E-state index in [1.165, 1.54) is 0 Å². The van der Waals surface area contributed by atoms with E-state index in [2.05, 4.69) is 11.4 Å². The van der Waals surface area contributed by atoms with Crippen molar-refractivity contribution in [3.63, 3.8) is 0 Å². The zero-order valence-electron chi connectivity index (χ0n) is 15.2. The van der Waals surface area contributed by atoms with Crippen molar-refractivity contribution in [1.29, 1.82) is 5.26 Å². The maximum atomic E-state index is 12.4. The number of carbonyl (C=O) groups excluding carboxylic acids is 2. The topological polar surface area (TPSA) is 73.2 Å². The van der Waals surface area contributed by atoms with Crippen molar-refractivity contribution in [2.45, 2.75) is 25.7 Å². The summed E-state index contributed by atoms with van der Waals surface area (Å²) < 4.78 is 0. The van der Waals surface area contributed by atoms with Gasteiger partial charge < -0.3 is 10.2 Å². The average molecular weight is 361 g/mol. The minimum Gasteiger partial charge on any atom is -0.343 e. The van der Waals surface area contributed by atoms with Gasteiger partial charge in [-0.15, -0.1) is 0 Å². The number of para-hydroxylation sites is 1. The van der Waals surface area contributed by atoms with Crippen molar-refractivity contribution in [2.24, 2.45) is 5.92 Å². The number of benzene rings is 2. The van der Waals surface area contributed by atoms with E-state index in [4.69, 9.17) is 5.26 Å². The largest absolute Gasteiger partial charge is 0.343 e. The second-order valence-electron chi connectivity index (χ2n) is 6.82. The summed E-state index contributed by atoms with van der Waals surface area (Å²) in [6, 6.07) is 18.9. The Bertz CT molecular complexity index is 817. The SMILES string of the molecule is N#Cc1ccc(CCC(=O)N2CCC(C(=O)Nc3ccccc3)CC2)cc1. The van der Waals surface area contributed by atoms with Gasteiger partial charge in [-0.05, 0) is 49.1 Å². The highest BCUT2D eigenvalue weighted by Crippen LogP contribution is 2.20. The molecule has 2 amide bonds. The fraction of sp³-hybridized carbons (Fsp3) is 0.318. The second kappa shape index (κ2) is 9.00. The van der Waals surface area contributed by atoms with Gasteiger partial charge in [-0.3, -0.25) is 9.59 Å². The van der Waals surface area contributed by atoms with Gasteiger partial charge in [0.2, 0.25) is 11.8 Å². The molecule has 0 saturated carbocycles. The summed E-state index contributed by atoms with van der Waals surface area (Å²) in [5.74, 6) is 0.111. The third kappa shape index (κ3) is 5.18. The van der Waals surface area contributed by atoms with Crippen molar-refractivity contribution in [3.05, 3.63) is 65.7 Å².